The minimum absolute atomic E-state index is 0.0235. The number of aryl methyl sites for hydroxylation is 1. The monoisotopic (exact) mass is 420 g/mol. The Bertz CT molecular complexity index is 991. The summed E-state index contributed by atoms with van der Waals surface area (Å²) in [5.74, 6) is 1.47. The Morgan fingerprint density at radius 1 is 1.19 bits per heavy atom. The van der Waals surface area contributed by atoms with E-state index in [0.717, 1.165) is 36.7 Å². The number of aromatic nitrogens is 4. The summed E-state index contributed by atoms with van der Waals surface area (Å²) in [6, 6.07) is 12.6. The maximum absolute atomic E-state index is 5.56. The molecule has 2 aromatic heterocycles. The van der Waals surface area contributed by atoms with Crippen LogP contribution in [-0.2, 0) is 16.0 Å². The van der Waals surface area contributed by atoms with Crippen LogP contribution in [0.5, 0.6) is 0 Å². The smallest absolute Gasteiger partial charge is 0.235 e. The Balaban J connectivity index is 1.43. The molecule has 0 radical (unpaired) electrons. The quantitative estimate of drug-likeness (QED) is 0.521. The second-order valence-electron chi connectivity index (χ2n) is 7.62. The van der Waals surface area contributed by atoms with Gasteiger partial charge in [-0.25, -0.2) is 15.0 Å². The van der Waals surface area contributed by atoms with Crippen LogP contribution in [0.15, 0.2) is 67.1 Å². The SMILES string of the molecule is Cc1cc(C(C)NC(CNCc2ccccc2)CC2=COCO2)nc(-n2ccnc2)n1. The zero-order valence-corrected chi connectivity index (χ0v) is 17.9. The van der Waals surface area contributed by atoms with Crippen molar-refractivity contribution in [1.82, 2.24) is 30.2 Å². The van der Waals surface area contributed by atoms with Gasteiger partial charge in [0.15, 0.2) is 0 Å². The molecule has 162 valence electrons. The van der Waals surface area contributed by atoms with Crippen molar-refractivity contribution < 1.29 is 9.47 Å². The predicted octanol–water partition coefficient (Wildman–Crippen LogP) is 3.02. The van der Waals surface area contributed by atoms with Crippen molar-refractivity contribution >= 4 is 0 Å². The molecule has 3 heterocycles. The number of hydrogen-bond donors (Lipinski definition) is 2. The van der Waals surface area contributed by atoms with Gasteiger partial charge in [-0.05, 0) is 25.5 Å². The van der Waals surface area contributed by atoms with Gasteiger partial charge in [0.25, 0.3) is 0 Å². The van der Waals surface area contributed by atoms with Crippen LogP contribution in [0.2, 0.25) is 0 Å². The highest BCUT2D eigenvalue weighted by Gasteiger charge is 2.19. The lowest BCUT2D eigenvalue weighted by molar-refractivity contribution is 0.0761. The summed E-state index contributed by atoms with van der Waals surface area (Å²) < 4.78 is 12.6. The van der Waals surface area contributed by atoms with Crippen LogP contribution in [0.1, 0.15) is 36.3 Å². The summed E-state index contributed by atoms with van der Waals surface area (Å²) in [7, 11) is 0. The molecule has 4 rings (SSSR count). The van der Waals surface area contributed by atoms with E-state index >= 15 is 0 Å². The predicted molar refractivity (Wildman–Crippen MR) is 117 cm³/mol. The first-order valence-corrected chi connectivity index (χ1v) is 10.5. The fourth-order valence-electron chi connectivity index (χ4n) is 3.53. The molecular formula is C23H28N6O2. The van der Waals surface area contributed by atoms with Crippen LogP contribution in [-0.4, -0.2) is 38.9 Å². The normalized spacial score (nSPS) is 15.1. The highest BCUT2D eigenvalue weighted by molar-refractivity contribution is 5.21. The fraction of sp³-hybridized carbons (Fsp3) is 0.348. The van der Waals surface area contributed by atoms with Crippen LogP contribution in [0, 0.1) is 6.92 Å². The molecule has 3 aromatic rings. The summed E-state index contributed by atoms with van der Waals surface area (Å²) in [6.45, 7) is 5.96. The third-order valence-electron chi connectivity index (χ3n) is 5.06. The van der Waals surface area contributed by atoms with E-state index in [4.69, 9.17) is 14.5 Å². The van der Waals surface area contributed by atoms with Gasteiger partial charge in [-0.2, -0.15) is 0 Å². The molecule has 0 amide bonds. The third kappa shape index (κ3) is 5.90. The van der Waals surface area contributed by atoms with Gasteiger partial charge >= 0.3 is 0 Å². The molecule has 0 saturated heterocycles. The molecule has 0 saturated carbocycles. The highest BCUT2D eigenvalue weighted by atomic mass is 16.7. The van der Waals surface area contributed by atoms with Gasteiger partial charge in [0.2, 0.25) is 12.7 Å². The van der Waals surface area contributed by atoms with Crippen molar-refractivity contribution in [2.75, 3.05) is 13.3 Å². The molecule has 0 fully saturated rings. The molecular weight excluding hydrogens is 392 g/mol. The van der Waals surface area contributed by atoms with E-state index < -0.39 is 0 Å². The van der Waals surface area contributed by atoms with E-state index in [-0.39, 0.29) is 18.9 Å². The summed E-state index contributed by atoms with van der Waals surface area (Å²) in [5, 5.41) is 7.24. The Labute approximate surface area is 182 Å². The van der Waals surface area contributed by atoms with Gasteiger partial charge in [0.1, 0.15) is 18.3 Å². The Morgan fingerprint density at radius 3 is 2.81 bits per heavy atom. The Morgan fingerprint density at radius 2 is 2.06 bits per heavy atom. The largest absolute Gasteiger partial charge is 0.462 e. The zero-order chi connectivity index (χ0) is 21.5. The van der Waals surface area contributed by atoms with Gasteiger partial charge in [-0.1, -0.05) is 30.3 Å². The van der Waals surface area contributed by atoms with Crippen LogP contribution < -0.4 is 10.6 Å². The number of nitrogens with one attached hydrogen (secondary N) is 2. The number of benzene rings is 1. The number of nitrogens with zero attached hydrogens (tertiary/aromatic N) is 4. The van der Waals surface area contributed by atoms with Crippen LogP contribution in [0.4, 0.5) is 0 Å². The first-order valence-electron chi connectivity index (χ1n) is 10.5. The minimum atomic E-state index is 0.0235. The molecule has 2 atom stereocenters. The van der Waals surface area contributed by atoms with Crippen molar-refractivity contribution in [1.29, 1.82) is 0 Å². The van der Waals surface area contributed by atoms with E-state index in [2.05, 4.69) is 51.8 Å². The van der Waals surface area contributed by atoms with E-state index in [1.165, 1.54) is 5.56 Å². The third-order valence-corrected chi connectivity index (χ3v) is 5.06. The van der Waals surface area contributed by atoms with Crippen molar-refractivity contribution in [2.45, 2.75) is 38.9 Å². The van der Waals surface area contributed by atoms with E-state index in [0.29, 0.717) is 5.95 Å². The van der Waals surface area contributed by atoms with Gasteiger partial charge in [0, 0.05) is 49.7 Å². The lowest BCUT2D eigenvalue weighted by Crippen LogP contribution is -2.40. The second-order valence-corrected chi connectivity index (χ2v) is 7.62. The summed E-state index contributed by atoms with van der Waals surface area (Å²) in [5.41, 5.74) is 3.10. The highest BCUT2D eigenvalue weighted by Crippen LogP contribution is 2.18. The molecule has 0 bridgehead atoms. The number of ether oxygens (including phenoxy) is 2. The van der Waals surface area contributed by atoms with Gasteiger partial charge in [0.05, 0.1) is 5.69 Å². The van der Waals surface area contributed by atoms with Crippen LogP contribution >= 0.6 is 0 Å². The molecule has 0 spiro atoms. The molecule has 1 aliphatic rings. The van der Waals surface area contributed by atoms with E-state index in [9.17, 15) is 0 Å². The van der Waals surface area contributed by atoms with Crippen molar-refractivity contribution in [3.63, 3.8) is 0 Å². The van der Waals surface area contributed by atoms with Crippen molar-refractivity contribution in [3.05, 3.63) is 84.1 Å². The van der Waals surface area contributed by atoms with Crippen LogP contribution in [0.25, 0.3) is 5.95 Å². The maximum Gasteiger partial charge on any atom is 0.235 e. The number of imidazole rings is 1. The topological polar surface area (TPSA) is 86.1 Å². The average molecular weight is 421 g/mol. The van der Waals surface area contributed by atoms with Crippen molar-refractivity contribution in [2.24, 2.45) is 0 Å². The molecule has 0 aliphatic carbocycles. The fourth-order valence-corrected chi connectivity index (χ4v) is 3.53. The Hall–Kier alpha value is -3.23. The Kier molecular flexibility index (Phi) is 6.91. The molecule has 2 unspecified atom stereocenters. The molecule has 1 aromatic carbocycles. The average Bonchev–Trinajstić information content (AvgIpc) is 3.48. The van der Waals surface area contributed by atoms with E-state index in [1.54, 1.807) is 18.8 Å². The summed E-state index contributed by atoms with van der Waals surface area (Å²) in [6.07, 6.45) is 7.69. The van der Waals surface area contributed by atoms with Gasteiger partial charge < -0.3 is 20.1 Å². The first-order chi connectivity index (χ1) is 15.2. The van der Waals surface area contributed by atoms with E-state index in [1.807, 2.05) is 29.8 Å². The standard InChI is InChI=1S/C23H28N6O2/c1-17-10-22(28-23(26-17)29-9-8-24-15-29)18(2)27-20(11-21-14-30-16-31-21)13-25-12-19-6-4-3-5-7-19/h3-10,14-15,18,20,25,27H,11-13,16H2,1-2H3. The van der Waals surface area contributed by atoms with Gasteiger partial charge in [-0.15, -0.1) is 0 Å². The first kappa shape index (κ1) is 21.0. The molecule has 31 heavy (non-hydrogen) atoms. The molecule has 1 aliphatic heterocycles. The number of hydrogen-bond acceptors (Lipinski definition) is 7. The van der Waals surface area contributed by atoms with Gasteiger partial charge in [-0.3, -0.25) is 4.57 Å². The maximum atomic E-state index is 5.56. The number of rotatable bonds is 10. The van der Waals surface area contributed by atoms with Crippen molar-refractivity contribution in [3.8, 4) is 5.95 Å². The summed E-state index contributed by atoms with van der Waals surface area (Å²) >= 11 is 0. The summed E-state index contributed by atoms with van der Waals surface area (Å²) in [4.78, 5) is 13.4. The lowest BCUT2D eigenvalue weighted by atomic mass is 10.1. The lowest BCUT2D eigenvalue weighted by Gasteiger charge is -2.24. The molecule has 8 nitrogen and oxygen atoms in total. The minimum Gasteiger partial charge on any atom is -0.462 e. The molecule has 8 heteroatoms. The second kappa shape index (κ2) is 10.2. The van der Waals surface area contributed by atoms with Crippen LogP contribution in [0.3, 0.4) is 0 Å². The molecule has 2 N–H and O–H groups in total. The zero-order valence-electron chi connectivity index (χ0n) is 17.9.